The Kier molecular flexibility index (Phi) is 3.63. The van der Waals surface area contributed by atoms with Crippen molar-refractivity contribution in [3.8, 4) is 11.4 Å². The molecule has 0 saturated heterocycles. The van der Waals surface area contributed by atoms with Gasteiger partial charge in [-0.05, 0) is 43.3 Å². The van der Waals surface area contributed by atoms with Crippen LogP contribution in [0.15, 0.2) is 58.5 Å². The van der Waals surface area contributed by atoms with E-state index in [1.165, 1.54) is 0 Å². The molecule has 0 aliphatic heterocycles. The molecule has 1 aromatic carbocycles. The summed E-state index contributed by atoms with van der Waals surface area (Å²) in [5.74, 6) is 0. The van der Waals surface area contributed by atoms with Gasteiger partial charge in [-0.2, -0.15) is 0 Å². The lowest BCUT2D eigenvalue weighted by Gasteiger charge is -2.02. The monoisotopic (exact) mass is 384 g/mol. The Bertz CT molecular complexity index is 972. The summed E-state index contributed by atoms with van der Waals surface area (Å²) in [6.45, 7) is 2.02. The van der Waals surface area contributed by atoms with Crippen molar-refractivity contribution in [2.24, 2.45) is 0 Å². The van der Waals surface area contributed by atoms with E-state index in [2.05, 4.69) is 36.0 Å². The summed E-state index contributed by atoms with van der Waals surface area (Å²) in [4.78, 5) is 9.31. The molecule has 1 N–H and O–H groups in total. The number of imidazole rings is 1. The quantitative estimate of drug-likeness (QED) is 0.522. The molecular formula is C17H13BrN4S. The third kappa shape index (κ3) is 2.75. The largest absolute Gasteiger partial charge is 0.332 e. The highest BCUT2D eigenvalue weighted by Crippen LogP contribution is 2.30. The van der Waals surface area contributed by atoms with Crippen LogP contribution in [0, 0.1) is 6.92 Å². The standard InChI is InChI=1S/C17H13BrN4S/c1-11-16(22-9-3-2-4-15(22)19-11)14-10-23-17(21-14)20-13-7-5-12(18)6-8-13/h2-10H,1H3,(H,20,21). The zero-order chi connectivity index (χ0) is 15.8. The number of hydrogen-bond donors (Lipinski definition) is 1. The van der Waals surface area contributed by atoms with Crippen LogP contribution in [0.1, 0.15) is 5.69 Å². The van der Waals surface area contributed by atoms with Crippen molar-refractivity contribution < 1.29 is 0 Å². The highest BCUT2D eigenvalue weighted by Gasteiger charge is 2.13. The molecule has 3 heterocycles. The summed E-state index contributed by atoms with van der Waals surface area (Å²) in [5, 5.41) is 6.27. The second-order valence-corrected chi connectivity index (χ2v) is 6.92. The number of rotatable bonds is 3. The van der Waals surface area contributed by atoms with Crippen molar-refractivity contribution in [3.63, 3.8) is 0 Å². The van der Waals surface area contributed by atoms with Crippen LogP contribution in [0.25, 0.3) is 17.0 Å². The molecule has 0 amide bonds. The Hall–Kier alpha value is -2.18. The highest BCUT2D eigenvalue weighted by atomic mass is 79.9. The van der Waals surface area contributed by atoms with Crippen LogP contribution in [0.5, 0.6) is 0 Å². The normalized spacial score (nSPS) is 11.0. The predicted molar refractivity (Wildman–Crippen MR) is 98.5 cm³/mol. The van der Waals surface area contributed by atoms with E-state index in [1.807, 2.05) is 55.6 Å². The van der Waals surface area contributed by atoms with Crippen LogP contribution < -0.4 is 5.32 Å². The van der Waals surface area contributed by atoms with Crippen molar-refractivity contribution in [3.05, 3.63) is 64.2 Å². The number of aromatic nitrogens is 3. The lowest BCUT2D eigenvalue weighted by Crippen LogP contribution is -1.91. The number of pyridine rings is 1. The fraction of sp³-hybridized carbons (Fsp3) is 0.0588. The van der Waals surface area contributed by atoms with Gasteiger partial charge in [-0.1, -0.05) is 22.0 Å². The van der Waals surface area contributed by atoms with E-state index in [-0.39, 0.29) is 0 Å². The summed E-state index contributed by atoms with van der Waals surface area (Å²) < 4.78 is 3.14. The molecule has 114 valence electrons. The minimum absolute atomic E-state index is 0.868. The second-order valence-electron chi connectivity index (χ2n) is 5.14. The van der Waals surface area contributed by atoms with Crippen molar-refractivity contribution in [1.29, 1.82) is 0 Å². The molecule has 4 rings (SSSR count). The Morgan fingerprint density at radius 1 is 1.09 bits per heavy atom. The molecule has 0 fully saturated rings. The zero-order valence-electron chi connectivity index (χ0n) is 12.3. The van der Waals surface area contributed by atoms with E-state index in [1.54, 1.807) is 11.3 Å². The predicted octanol–water partition coefficient (Wildman–Crippen LogP) is 5.27. The minimum atomic E-state index is 0.868. The van der Waals surface area contributed by atoms with E-state index in [0.29, 0.717) is 0 Å². The molecular weight excluding hydrogens is 372 g/mol. The van der Waals surface area contributed by atoms with Gasteiger partial charge >= 0.3 is 0 Å². The first-order valence-electron chi connectivity index (χ1n) is 7.13. The number of fused-ring (bicyclic) bond motifs is 1. The molecule has 0 atom stereocenters. The summed E-state index contributed by atoms with van der Waals surface area (Å²) >= 11 is 5.03. The smallest absolute Gasteiger partial charge is 0.187 e. The van der Waals surface area contributed by atoms with Gasteiger partial charge in [0.2, 0.25) is 0 Å². The fourth-order valence-electron chi connectivity index (χ4n) is 2.52. The second kappa shape index (κ2) is 5.79. The van der Waals surface area contributed by atoms with Gasteiger partial charge < -0.3 is 5.32 Å². The van der Waals surface area contributed by atoms with Crippen LogP contribution in [-0.4, -0.2) is 14.4 Å². The van der Waals surface area contributed by atoms with Crippen LogP contribution >= 0.6 is 27.3 Å². The fourth-order valence-corrected chi connectivity index (χ4v) is 3.50. The van der Waals surface area contributed by atoms with Gasteiger partial charge in [0.05, 0.1) is 11.4 Å². The molecule has 4 nitrogen and oxygen atoms in total. The average Bonchev–Trinajstić information content (AvgIpc) is 3.12. The Morgan fingerprint density at radius 3 is 2.74 bits per heavy atom. The van der Waals surface area contributed by atoms with Crippen LogP contribution in [0.3, 0.4) is 0 Å². The van der Waals surface area contributed by atoms with Gasteiger partial charge in [-0.15, -0.1) is 11.3 Å². The summed E-state index contributed by atoms with van der Waals surface area (Å²) in [6, 6.07) is 14.0. The third-order valence-electron chi connectivity index (χ3n) is 3.55. The number of aryl methyl sites for hydroxylation is 1. The van der Waals surface area contributed by atoms with E-state index in [9.17, 15) is 0 Å². The topological polar surface area (TPSA) is 42.2 Å². The first-order chi connectivity index (χ1) is 11.2. The maximum atomic E-state index is 4.72. The minimum Gasteiger partial charge on any atom is -0.332 e. The number of anilines is 2. The molecule has 4 aromatic rings. The number of thiazole rings is 1. The van der Waals surface area contributed by atoms with Gasteiger partial charge in [-0.3, -0.25) is 4.40 Å². The Labute approximate surface area is 146 Å². The van der Waals surface area contributed by atoms with Crippen LogP contribution in [0.2, 0.25) is 0 Å². The summed E-state index contributed by atoms with van der Waals surface area (Å²) in [6.07, 6.45) is 2.02. The molecule has 0 bridgehead atoms. The molecule has 0 unspecified atom stereocenters. The Balaban J connectivity index is 1.69. The number of nitrogens with zero attached hydrogens (tertiary/aromatic N) is 3. The first kappa shape index (κ1) is 14.4. The number of benzene rings is 1. The van der Waals surface area contributed by atoms with Gasteiger partial charge in [0.1, 0.15) is 11.3 Å². The maximum absolute atomic E-state index is 4.72. The maximum Gasteiger partial charge on any atom is 0.187 e. The van der Waals surface area contributed by atoms with E-state index in [4.69, 9.17) is 4.98 Å². The Morgan fingerprint density at radius 2 is 1.91 bits per heavy atom. The number of hydrogen-bond acceptors (Lipinski definition) is 4. The average molecular weight is 385 g/mol. The number of nitrogens with one attached hydrogen (secondary N) is 1. The third-order valence-corrected chi connectivity index (χ3v) is 4.83. The van der Waals surface area contributed by atoms with Crippen molar-refractivity contribution in [1.82, 2.24) is 14.4 Å². The van der Waals surface area contributed by atoms with Crippen LogP contribution in [-0.2, 0) is 0 Å². The van der Waals surface area contributed by atoms with Crippen molar-refractivity contribution in [2.45, 2.75) is 6.92 Å². The number of halogens is 1. The van der Waals surface area contributed by atoms with Crippen molar-refractivity contribution in [2.75, 3.05) is 5.32 Å². The van der Waals surface area contributed by atoms with E-state index < -0.39 is 0 Å². The lowest BCUT2D eigenvalue weighted by molar-refractivity contribution is 1.17. The van der Waals surface area contributed by atoms with Crippen molar-refractivity contribution >= 4 is 43.7 Å². The highest BCUT2D eigenvalue weighted by molar-refractivity contribution is 9.10. The van der Waals surface area contributed by atoms with E-state index in [0.717, 1.165) is 38.0 Å². The van der Waals surface area contributed by atoms with Gasteiger partial charge in [0, 0.05) is 21.7 Å². The molecule has 0 aliphatic carbocycles. The lowest BCUT2D eigenvalue weighted by atomic mass is 10.3. The molecule has 3 aromatic heterocycles. The molecule has 23 heavy (non-hydrogen) atoms. The molecule has 0 saturated carbocycles. The van der Waals surface area contributed by atoms with Gasteiger partial charge in [0.15, 0.2) is 5.13 Å². The molecule has 0 radical (unpaired) electrons. The molecule has 6 heteroatoms. The van der Waals surface area contributed by atoms with E-state index >= 15 is 0 Å². The van der Waals surface area contributed by atoms with Gasteiger partial charge in [0.25, 0.3) is 0 Å². The molecule has 0 spiro atoms. The van der Waals surface area contributed by atoms with Crippen LogP contribution in [0.4, 0.5) is 10.8 Å². The summed E-state index contributed by atoms with van der Waals surface area (Å²) in [7, 11) is 0. The summed E-state index contributed by atoms with van der Waals surface area (Å²) in [5.41, 5.74) is 4.92. The first-order valence-corrected chi connectivity index (χ1v) is 8.80. The molecule has 0 aliphatic rings. The van der Waals surface area contributed by atoms with Gasteiger partial charge in [-0.25, -0.2) is 9.97 Å². The SMILES string of the molecule is Cc1nc2ccccn2c1-c1csc(Nc2ccc(Br)cc2)n1. The zero-order valence-corrected chi connectivity index (χ0v) is 14.7.